The van der Waals surface area contributed by atoms with Gasteiger partial charge < -0.3 is 9.47 Å². The van der Waals surface area contributed by atoms with Gasteiger partial charge in [-0.2, -0.15) is 0 Å². The Morgan fingerprint density at radius 3 is 1.43 bits per heavy atom. The van der Waals surface area contributed by atoms with E-state index in [9.17, 15) is 4.79 Å². The van der Waals surface area contributed by atoms with Gasteiger partial charge in [-0.15, -0.1) is 0 Å². The maximum absolute atomic E-state index is 11.8. The molecule has 356 valence electrons. The molecule has 1 rings (SSSR count). The van der Waals surface area contributed by atoms with Crippen molar-refractivity contribution in [3.8, 4) is 0 Å². The molecule has 0 aliphatic heterocycles. The predicted molar refractivity (Wildman–Crippen MR) is 266 cm³/mol. The number of carbonyl (C=O) groups is 1. The molecular formula is C57H110O3. The number of ether oxygens (including phenoxy) is 2. The van der Waals surface area contributed by atoms with Crippen LogP contribution >= 0.6 is 0 Å². The molecule has 0 aromatic carbocycles. The Bertz CT molecular complexity index is 934. The highest BCUT2D eigenvalue weighted by Crippen LogP contribution is 2.48. The smallest absolute Gasteiger partial charge is 0.311 e. The molecule has 0 bridgehead atoms. The molecule has 0 amide bonds. The van der Waals surface area contributed by atoms with Crippen molar-refractivity contribution < 1.29 is 14.3 Å². The Morgan fingerprint density at radius 2 is 0.967 bits per heavy atom. The predicted octanol–water partition coefficient (Wildman–Crippen LogP) is 19.3. The van der Waals surface area contributed by atoms with Crippen molar-refractivity contribution >= 4 is 5.97 Å². The minimum Gasteiger partial charge on any atom is -0.465 e. The summed E-state index contributed by atoms with van der Waals surface area (Å²) in [5, 5.41) is 0. The quantitative estimate of drug-likeness (QED) is 0.0348. The second-order valence-corrected chi connectivity index (χ2v) is 21.3. The number of methoxy groups -OCH3 is 1. The molecule has 0 spiro atoms. The van der Waals surface area contributed by atoms with E-state index in [0.717, 1.165) is 24.2 Å². The zero-order valence-corrected chi connectivity index (χ0v) is 42.3. The fraction of sp³-hybridized carbons (Fsp3) is 0.947. The molecular weight excluding hydrogens is 733 g/mol. The molecule has 1 fully saturated rings. The van der Waals surface area contributed by atoms with Crippen LogP contribution in [0.15, 0.2) is 12.2 Å². The topological polar surface area (TPSA) is 35.5 Å². The molecule has 0 unspecified atom stereocenters. The van der Waals surface area contributed by atoms with Gasteiger partial charge in [-0.25, -0.2) is 0 Å². The summed E-state index contributed by atoms with van der Waals surface area (Å²) in [5.41, 5.74) is -0.380. The lowest BCUT2D eigenvalue weighted by Gasteiger charge is -2.22. The van der Waals surface area contributed by atoms with Gasteiger partial charge >= 0.3 is 5.97 Å². The third kappa shape index (κ3) is 35.6. The summed E-state index contributed by atoms with van der Waals surface area (Å²) in [4.78, 5) is 11.8. The number of esters is 1. The van der Waals surface area contributed by atoms with Crippen molar-refractivity contribution in [2.75, 3.05) is 13.7 Å². The molecule has 1 aliphatic carbocycles. The molecule has 0 N–H and O–H groups in total. The van der Waals surface area contributed by atoms with E-state index in [2.05, 4.69) is 32.9 Å². The highest BCUT2D eigenvalue weighted by Gasteiger charge is 2.39. The Hall–Kier alpha value is -0.830. The zero-order chi connectivity index (χ0) is 43.8. The molecule has 3 heteroatoms. The number of carbonyl (C=O) groups excluding carboxylic acids is 1. The molecule has 0 heterocycles. The van der Waals surface area contributed by atoms with Crippen LogP contribution in [0.4, 0.5) is 0 Å². The normalized spacial score (nSPS) is 17.1. The first-order valence-corrected chi connectivity index (χ1v) is 27.6. The number of hydrogen-bond acceptors (Lipinski definition) is 3. The molecule has 0 aromatic heterocycles. The molecule has 1 saturated carbocycles. The molecule has 0 aromatic rings. The van der Waals surface area contributed by atoms with Crippen LogP contribution in [0.2, 0.25) is 0 Å². The van der Waals surface area contributed by atoms with Crippen molar-refractivity contribution in [1.82, 2.24) is 0 Å². The minimum absolute atomic E-state index is 0.0729. The van der Waals surface area contributed by atoms with E-state index in [1.54, 1.807) is 0 Å². The van der Waals surface area contributed by atoms with E-state index in [-0.39, 0.29) is 11.4 Å². The van der Waals surface area contributed by atoms with Gasteiger partial charge in [0, 0.05) is 7.11 Å². The summed E-state index contributed by atoms with van der Waals surface area (Å²) in [7, 11) is 1.95. The van der Waals surface area contributed by atoms with Crippen LogP contribution < -0.4 is 0 Å². The van der Waals surface area contributed by atoms with Crippen LogP contribution in [0.1, 0.15) is 298 Å². The van der Waals surface area contributed by atoms with E-state index < -0.39 is 0 Å². The highest BCUT2D eigenvalue weighted by atomic mass is 16.5. The lowest BCUT2D eigenvalue weighted by Crippen LogP contribution is -2.23. The van der Waals surface area contributed by atoms with Crippen molar-refractivity contribution in [2.24, 2.45) is 29.1 Å². The first kappa shape index (κ1) is 57.2. The van der Waals surface area contributed by atoms with Gasteiger partial charge in [-0.3, -0.25) is 4.79 Å². The van der Waals surface area contributed by atoms with E-state index >= 15 is 0 Å². The average Bonchev–Trinajstić information content (AvgIpc) is 4.01. The van der Waals surface area contributed by atoms with Gasteiger partial charge in [0.2, 0.25) is 0 Å². The first-order valence-electron chi connectivity index (χ1n) is 27.6. The van der Waals surface area contributed by atoms with Gasteiger partial charge in [-0.1, -0.05) is 245 Å². The largest absolute Gasteiger partial charge is 0.465 e. The molecule has 0 saturated heterocycles. The van der Waals surface area contributed by atoms with Crippen LogP contribution in [0.25, 0.3) is 0 Å². The highest BCUT2D eigenvalue weighted by molar-refractivity contribution is 5.75. The van der Waals surface area contributed by atoms with Crippen LogP contribution in [0, 0.1) is 29.1 Å². The minimum atomic E-state index is -0.380. The Kier molecular flexibility index (Phi) is 39.0. The third-order valence-corrected chi connectivity index (χ3v) is 14.3. The van der Waals surface area contributed by atoms with Gasteiger partial charge in [0.15, 0.2) is 0 Å². The monoisotopic (exact) mass is 843 g/mol. The Morgan fingerprint density at radius 1 is 0.550 bits per heavy atom. The van der Waals surface area contributed by atoms with Crippen LogP contribution in [-0.2, 0) is 14.3 Å². The van der Waals surface area contributed by atoms with Gasteiger partial charge in [-0.05, 0) is 89.4 Å². The summed E-state index contributed by atoms with van der Waals surface area (Å²) in [6, 6.07) is 0. The zero-order valence-electron chi connectivity index (χ0n) is 42.3. The van der Waals surface area contributed by atoms with Gasteiger partial charge in [0.05, 0.1) is 18.1 Å². The fourth-order valence-corrected chi connectivity index (χ4v) is 9.71. The average molecular weight is 844 g/mol. The molecule has 60 heavy (non-hydrogen) atoms. The van der Waals surface area contributed by atoms with Gasteiger partial charge in [0.1, 0.15) is 0 Å². The van der Waals surface area contributed by atoms with Gasteiger partial charge in [0.25, 0.3) is 0 Å². The van der Waals surface area contributed by atoms with E-state index in [0.29, 0.717) is 18.6 Å². The molecule has 3 nitrogen and oxygen atoms in total. The summed E-state index contributed by atoms with van der Waals surface area (Å²) in [6.45, 7) is 13.6. The third-order valence-electron chi connectivity index (χ3n) is 14.3. The SMILES string of the molecule is CCCCCCCCCCCCCCCCCC[C@H](C)[C@H](CCCCCCCCCCCCC/C=C/C[C@H](C)[C@H]1C[C@@H]1CCCCCCCCCOC(=O)C(C)(C)C)OC. The second kappa shape index (κ2) is 40.9. The van der Waals surface area contributed by atoms with Crippen molar-refractivity contribution in [1.29, 1.82) is 0 Å². The molecule has 5 atom stereocenters. The maximum atomic E-state index is 11.8. The van der Waals surface area contributed by atoms with Crippen molar-refractivity contribution in [2.45, 2.75) is 304 Å². The second-order valence-electron chi connectivity index (χ2n) is 21.3. The standard InChI is InChI=1S/C57H110O3/c1-8-9-10-11-12-13-14-15-16-17-21-24-27-31-36-41-46-52(3)55(59-7)48-43-38-33-28-25-22-19-18-20-23-26-30-35-40-45-51(2)54-50-53(54)47-42-37-32-29-34-39-44-49-60-56(58)57(4,5)6/h35,40,51-55H,8-34,36-39,41-50H2,1-7H3/b40-35+/t51-,52-,53-,54+,55-/m0/s1. The molecule has 0 radical (unpaired) electrons. The first-order chi connectivity index (χ1) is 29.2. The van der Waals surface area contributed by atoms with E-state index in [1.807, 2.05) is 27.9 Å². The lowest BCUT2D eigenvalue weighted by molar-refractivity contribution is -0.153. The molecule has 1 aliphatic rings. The number of unbranched alkanes of at least 4 members (excludes halogenated alkanes) is 32. The van der Waals surface area contributed by atoms with Crippen LogP contribution in [0.5, 0.6) is 0 Å². The summed E-state index contributed by atoms with van der Waals surface area (Å²) < 4.78 is 11.3. The van der Waals surface area contributed by atoms with Crippen molar-refractivity contribution in [3.05, 3.63) is 12.2 Å². The van der Waals surface area contributed by atoms with E-state index in [1.165, 1.54) is 250 Å². The Labute approximate surface area is 378 Å². The summed E-state index contributed by atoms with van der Waals surface area (Å²) >= 11 is 0. The van der Waals surface area contributed by atoms with Crippen molar-refractivity contribution in [3.63, 3.8) is 0 Å². The fourth-order valence-electron chi connectivity index (χ4n) is 9.71. The Balaban J connectivity index is 1.81. The summed E-state index contributed by atoms with van der Waals surface area (Å²) in [5.74, 6) is 3.51. The maximum Gasteiger partial charge on any atom is 0.311 e. The lowest BCUT2D eigenvalue weighted by atomic mass is 9.93. The number of rotatable bonds is 46. The van der Waals surface area contributed by atoms with Crippen LogP contribution in [0.3, 0.4) is 0 Å². The summed E-state index contributed by atoms with van der Waals surface area (Å²) in [6.07, 6.45) is 61.3. The van der Waals surface area contributed by atoms with Crippen LogP contribution in [-0.4, -0.2) is 25.8 Å². The number of hydrogen-bond donors (Lipinski definition) is 0. The number of allylic oxidation sites excluding steroid dienone is 2. The van der Waals surface area contributed by atoms with E-state index in [4.69, 9.17) is 9.47 Å².